The van der Waals surface area contributed by atoms with Crippen molar-refractivity contribution in [3.63, 3.8) is 0 Å². The molecule has 0 saturated heterocycles. The van der Waals surface area contributed by atoms with Crippen LogP contribution in [0.3, 0.4) is 0 Å². The Morgan fingerprint density at radius 1 is 1.12 bits per heavy atom. The number of nitrogens with one attached hydrogen (secondary N) is 3. The molecule has 0 spiro atoms. The molecule has 1 amide bonds. The number of guanidine groups is 1. The molecule has 24 heavy (non-hydrogen) atoms. The number of carbonyl (C=O) groups excluding carboxylic acids is 1. The third kappa shape index (κ3) is 10.2. The number of aliphatic imine (C=N–C) groups is 1. The lowest BCUT2D eigenvalue weighted by Gasteiger charge is -2.22. The highest BCUT2D eigenvalue weighted by molar-refractivity contribution is 14.0. The highest BCUT2D eigenvalue weighted by atomic mass is 127. The fourth-order valence-corrected chi connectivity index (χ4v) is 2.66. The van der Waals surface area contributed by atoms with Crippen molar-refractivity contribution in [2.45, 2.75) is 65.9 Å². The summed E-state index contributed by atoms with van der Waals surface area (Å²) in [5.74, 6) is 0.812. The monoisotopic (exact) mass is 454 g/mol. The van der Waals surface area contributed by atoms with Crippen LogP contribution in [0.4, 0.5) is 4.79 Å². The summed E-state index contributed by atoms with van der Waals surface area (Å²) >= 11 is 0. The SMILES string of the molecule is CCNC(=NCC1(C)CCCC1)NCCNC(=O)OC(C)(C)C.I. The lowest BCUT2D eigenvalue weighted by molar-refractivity contribution is 0.0529. The van der Waals surface area contributed by atoms with Crippen molar-refractivity contribution in [1.82, 2.24) is 16.0 Å². The third-order valence-corrected chi connectivity index (χ3v) is 3.86. The lowest BCUT2D eigenvalue weighted by Crippen LogP contribution is -2.42. The maximum atomic E-state index is 11.6. The summed E-state index contributed by atoms with van der Waals surface area (Å²) in [6.07, 6.45) is 4.76. The number of alkyl carbamates (subject to hydrolysis) is 1. The lowest BCUT2D eigenvalue weighted by atomic mass is 9.89. The van der Waals surface area contributed by atoms with Crippen LogP contribution >= 0.6 is 24.0 Å². The van der Waals surface area contributed by atoms with Gasteiger partial charge < -0.3 is 20.7 Å². The minimum atomic E-state index is -0.468. The zero-order chi connectivity index (χ0) is 17.3. The van der Waals surface area contributed by atoms with Gasteiger partial charge in [0.25, 0.3) is 0 Å². The molecule has 0 atom stereocenters. The topological polar surface area (TPSA) is 74.8 Å². The number of nitrogens with zero attached hydrogens (tertiary/aromatic N) is 1. The average molecular weight is 454 g/mol. The van der Waals surface area contributed by atoms with Gasteiger partial charge in [0, 0.05) is 26.2 Å². The minimum Gasteiger partial charge on any atom is -0.444 e. The Balaban J connectivity index is 0.00000529. The van der Waals surface area contributed by atoms with E-state index in [4.69, 9.17) is 9.73 Å². The van der Waals surface area contributed by atoms with Gasteiger partial charge in [-0.25, -0.2) is 4.79 Å². The van der Waals surface area contributed by atoms with Gasteiger partial charge in [-0.2, -0.15) is 0 Å². The summed E-state index contributed by atoms with van der Waals surface area (Å²) in [4.78, 5) is 16.3. The smallest absolute Gasteiger partial charge is 0.407 e. The molecule has 1 fully saturated rings. The van der Waals surface area contributed by atoms with Crippen LogP contribution < -0.4 is 16.0 Å². The minimum absolute atomic E-state index is 0. The molecule has 6 nitrogen and oxygen atoms in total. The van der Waals surface area contributed by atoms with Crippen molar-refractivity contribution in [3.05, 3.63) is 0 Å². The number of ether oxygens (including phenoxy) is 1. The molecule has 0 aliphatic heterocycles. The molecule has 0 radical (unpaired) electrons. The van der Waals surface area contributed by atoms with E-state index in [1.54, 1.807) is 0 Å². The summed E-state index contributed by atoms with van der Waals surface area (Å²) in [6, 6.07) is 0. The first-order valence-electron chi connectivity index (χ1n) is 8.73. The van der Waals surface area contributed by atoms with E-state index < -0.39 is 5.60 Å². The zero-order valence-corrected chi connectivity index (χ0v) is 18.2. The second-order valence-electron chi connectivity index (χ2n) is 7.57. The van der Waals surface area contributed by atoms with Gasteiger partial charge in [-0.05, 0) is 46.0 Å². The molecular weight excluding hydrogens is 419 g/mol. The Morgan fingerprint density at radius 2 is 1.71 bits per heavy atom. The number of hydrogen-bond acceptors (Lipinski definition) is 3. The van der Waals surface area contributed by atoms with Crippen LogP contribution in [0, 0.1) is 5.41 Å². The molecule has 3 N–H and O–H groups in total. The summed E-state index contributed by atoms with van der Waals surface area (Å²) in [5.41, 5.74) is -0.123. The first-order valence-corrected chi connectivity index (χ1v) is 8.73. The molecule has 0 aromatic carbocycles. The fourth-order valence-electron chi connectivity index (χ4n) is 2.66. The Hall–Kier alpha value is -0.730. The molecule has 0 aromatic heterocycles. The fraction of sp³-hybridized carbons (Fsp3) is 0.882. The maximum absolute atomic E-state index is 11.6. The zero-order valence-electron chi connectivity index (χ0n) is 15.8. The van der Waals surface area contributed by atoms with E-state index in [0.29, 0.717) is 18.5 Å². The van der Waals surface area contributed by atoms with Crippen LogP contribution in [0.5, 0.6) is 0 Å². The molecule has 0 aromatic rings. The molecule has 0 bridgehead atoms. The third-order valence-electron chi connectivity index (χ3n) is 3.86. The molecule has 1 aliphatic rings. The van der Waals surface area contributed by atoms with Crippen LogP contribution in [-0.4, -0.2) is 43.8 Å². The van der Waals surface area contributed by atoms with Crippen molar-refractivity contribution in [2.75, 3.05) is 26.2 Å². The Kier molecular flexibility index (Phi) is 10.7. The van der Waals surface area contributed by atoms with E-state index in [0.717, 1.165) is 19.0 Å². The molecule has 0 unspecified atom stereocenters. The summed E-state index contributed by atoms with van der Waals surface area (Å²) in [5, 5.41) is 9.23. The van der Waals surface area contributed by atoms with Crippen molar-refractivity contribution >= 4 is 36.0 Å². The second-order valence-corrected chi connectivity index (χ2v) is 7.57. The number of hydrogen-bond donors (Lipinski definition) is 3. The first-order chi connectivity index (χ1) is 10.7. The first kappa shape index (κ1) is 23.3. The van der Waals surface area contributed by atoms with Crippen LogP contribution in [0.2, 0.25) is 0 Å². The molecular formula is C17H35IN4O2. The van der Waals surface area contributed by atoms with Gasteiger partial charge in [-0.1, -0.05) is 19.8 Å². The van der Waals surface area contributed by atoms with Gasteiger partial charge in [-0.15, -0.1) is 24.0 Å². The summed E-state index contributed by atoms with van der Waals surface area (Å²) in [7, 11) is 0. The Bertz CT molecular complexity index is 402. The van der Waals surface area contributed by atoms with Crippen LogP contribution in [0.15, 0.2) is 4.99 Å². The van der Waals surface area contributed by atoms with E-state index >= 15 is 0 Å². The van der Waals surface area contributed by atoms with Gasteiger partial charge in [0.15, 0.2) is 5.96 Å². The molecule has 142 valence electrons. The van der Waals surface area contributed by atoms with Crippen LogP contribution in [0.1, 0.15) is 60.3 Å². The van der Waals surface area contributed by atoms with Crippen molar-refractivity contribution in [2.24, 2.45) is 10.4 Å². The van der Waals surface area contributed by atoms with Gasteiger partial charge in [0.05, 0.1) is 0 Å². The number of halogens is 1. The Labute approximate surface area is 164 Å². The van der Waals surface area contributed by atoms with Crippen LogP contribution in [0.25, 0.3) is 0 Å². The highest BCUT2D eigenvalue weighted by Gasteiger charge is 2.28. The van der Waals surface area contributed by atoms with E-state index in [-0.39, 0.29) is 30.1 Å². The summed E-state index contributed by atoms with van der Waals surface area (Å²) in [6.45, 7) is 12.7. The van der Waals surface area contributed by atoms with E-state index in [2.05, 4.69) is 22.9 Å². The molecule has 7 heteroatoms. The second kappa shape index (κ2) is 11.0. The quantitative estimate of drug-likeness (QED) is 0.249. The van der Waals surface area contributed by atoms with Crippen molar-refractivity contribution in [1.29, 1.82) is 0 Å². The average Bonchev–Trinajstić information content (AvgIpc) is 2.86. The predicted molar refractivity (Wildman–Crippen MR) is 110 cm³/mol. The Morgan fingerprint density at radius 3 is 2.25 bits per heavy atom. The van der Waals surface area contributed by atoms with Crippen LogP contribution in [-0.2, 0) is 4.74 Å². The van der Waals surface area contributed by atoms with Gasteiger partial charge in [-0.3, -0.25) is 4.99 Å². The van der Waals surface area contributed by atoms with Crippen molar-refractivity contribution < 1.29 is 9.53 Å². The van der Waals surface area contributed by atoms with E-state index in [1.165, 1.54) is 25.7 Å². The van der Waals surface area contributed by atoms with Crippen molar-refractivity contribution in [3.8, 4) is 0 Å². The normalized spacial score (nSPS) is 17.0. The number of amides is 1. The molecule has 1 aliphatic carbocycles. The standard InChI is InChI=1S/C17H34N4O2.HI/c1-6-18-14(21-13-17(5)9-7-8-10-17)19-11-12-20-15(22)23-16(2,3)4;/h6-13H2,1-5H3,(H,20,22)(H2,18,19,21);1H. The number of rotatable bonds is 6. The van der Waals surface area contributed by atoms with Gasteiger partial charge in [0.1, 0.15) is 5.60 Å². The molecule has 1 saturated carbocycles. The number of carbonyl (C=O) groups is 1. The maximum Gasteiger partial charge on any atom is 0.407 e. The summed E-state index contributed by atoms with van der Waals surface area (Å²) < 4.78 is 5.20. The predicted octanol–water partition coefficient (Wildman–Crippen LogP) is 3.26. The highest BCUT2D eigenvalue weighted by Crippen LogP contribution is 2.37. The van der Waals surface area contributed by atoms with Gasteiger partial charge >= 0.3 is 6.09 Å². The van der Waals surface area contributed by atoms with Gasteiger partial charge in [0.2, 0.25) is 0 Å². The van der Waals surface area contributed by atoms with E-state index in [9.17, 15) is 4.79 Å². The molecule has 1 rings (SSSR count). The largest absolute Gasteiger partial charge is 0.444 e. The van der Waals surface area contributed by atoms with E-state index in [1.807, 2.05) is 27.7 Å². The molecule has 0 heterocycles.